The molecule has 0 aliphatic heterocycles. The topological polar surface area (TPSA) is 75.4 Å². The second kappa shape index (κ2) is 5.30. The largest absolute Gasteiger partial charge is 0.394 e. The van der Waals surface area contributed by atoms with E-state index in [-0.39, 0.29) is 18.1 Å². The number of hydrogen-bond acceptors (Lipinski definition) is 4. The van der Waals surface area contributed by atoms with Crippen molar-refractivity contribution in [1.29, 1.82) is 0 Å². The fourth-order valence-corrected chi connectivity index (χ4v) is 2.74. The Morgan fingerprint density at radius 3 is 2.78 bits per heavy atom. The maximum Gasteiger partial charge on any atom is 0.239 e. The molecule has 0 aromatic heterocycles. The standard InChI is InChI=1S/C13H18N2O2S/c1-18-11-5-3-2-4-9(11)13(6-7-13)15-12(17)10(14)8-16/h2-5,10,16H,6-8,14H2,1H3,(H,15,17). The molecule has 1 saturated carbocycles. The molecule has 1 aliphatic rings. The predicted molar refractivity (Wildman–Crippen MR) is 72.3 cm³/mol. The van der Waals surface area contributed by atoms with Crippen LogP contribution in [0.1, 0.15) is 18.4 Å². The molecule has 1 aromatic carbocycles. The van der Waals surface area contributed by atoms with E-state index in [9.17, 15) is 4.79 Å². The number of carbonyl (C=O) groups is 1. The van der Waals surface area contributed by atoms with Gasteiger partial charge in [0.25, 0.3) is 0 Å². The van der Waals surface area contributed by atoms with Crippen molar-refractivity contribution in [2.75, 3.05) is 12.9 Å². The highest BCUT2D eigenvalue weighted by Crippen LogP contribution is 2.48. The molecule has 1 unspecified atom stereocenters. The van der Waals surface area contributed by atoms with Crippen molar-refractivity contribution in [3.05, 3.63) is 29.8 Å². The van der Waals surface area contributed by atoms with Crippen LogP contribution in [0.15, 0.2) is 29.2 Å². The zero-order chi connectivity index (χ0) is 13.2. The Labute approximate surface area is 111 Å². The summed E-state index contributed by atoms with van der Waals surface area (Å²) in [5.74, 6) is -0.286. The number of rotatable bonds is 5. The van der Waals surface area contributed by atoms with Gasteiger partial charge in [0.1, 0.15) is 6.04 Å². The summed E-state index contributed by atoms with van der Waals surface area (Å²) >= 11 is 1.67. The highest BCUT2D eigenvalue weighted by Gasteiger charge is 2.47. The van der Waals surface area contributed by atoms with E-state index in [1.807, 2.05) is 24.5 Å². The van der Waals surface area contributed by atoms with Crippen molar-refractivity contribution in [3.8, 4) is 0 Å². The van der Waals surface area contributed by atoms with Crippen LogP contribution in [0, 0.1) is 0 Å². The predicted octanol–water partition coefficient (Wildman–Crippen LogP) is 0.833. The number of carbonyl (C=O) groups excluding carboxylic acids is 1. The third-order valence-corrected chi connectivity index (χ3v) is 4.06. The van der Waals surface area contributed by atoms with Gasteiger partial charge < -0.3 is 16.2 Å². The van der Waals surface area contributed by atoms with E-state index in [2.05, 4.69) is 11.4 Å². The Kier molecular flexibility index (Phi) is 3.94. The molecule has 1 aromatic rings. The van der Waals surface area contributed by atoms with Gasteiger partial charge in [0.2, 0.25) is 5.91 Å². The number of aliphatic hydroxyl groups is 1. The first-order valence-electron chi connectivity index (χ1n) is 5.95. The maximum atomic E-state index is 11.8. The fraction of sp³-hybridized carbons (Fsp3) is 0.462. The van der Waals surface area contributed by atoms with Crippen LogP contribution in [0.4, 0.5) is 0 Å². The Bertz CT molecular complexity index is 446. The number of benzene rings is 1. The van der Waals surface area contributed by atoms with E-state index in [0.29, 0.717) is 0 Å². The molecule has 1 atom stereocenters. The lowest BCUT2D eigenvalue weighted by molar-refractivity contribution is -0.124. The summed E-state index contributed by atoms with van der Waals surface area (Å²) in [5, 5.41) is 11.9. The van der Waals surface area contributed by atoms with E-state index in [0.717, 1.165) is 18.4 Å². The number of nitrogens with one attached hydrogen (secondary N) is 1. The average molecular weight is 266 g/mol. The smallest absolute Gasteiger partial charge is 0.239 e. The molecule has 1 fully saturated rings. The molecular formula is C13H18N2O2S. The van der Waals surface area contributed by atoms with Crippen LogP contribution in [0.2, 0.25) is 0 Å². The van der Waals surface area contributed by atoms with Gasteiger partial charge in [-0.25, -0.2) is 0 Å². The van der Waals surface area contributed by atoms with Crippen LogP contribution < -0.4 is 11.1 Å². The third-order valence-electron chi connectivity index (χ3n) is 3.27. The third kappa shape index (κ3) is 2.53. The Morgan fingerprint density at radius 2 is 2.22 bits per heavy atom. The van der Waals surface area contributed by atoms with Crippen LogP contribution in [0.3, 0.4) is 0 Å². The van der Waals surface area contributed by atoms with E-state index in [1.165, 1.54) is 4.90 Å². The first kappa shape index (κ1) is 13.4. The summed E-state index contributed by atoms with van der Waals surface area (Å²) < 4.78 is 0. The molecule has 0 radical (unpaired) electrons. The molecule has 5 heteroatoms. The number of hydrogen-bond donors (Lipinski definition) is 3. The Morgan fingerprint density at radius 1 is 1.56 bits per heavy atom. The average Bonchev–Trinajstić information content (AvgIpc) is 3.18. The highest BCUT2D eigenvalue weighted by atomic mass is 32.2. The number of aliphatic hydroxyl groups excluding tert-OH is 1. The molecule has 98 valence electrons. The van der Waals surface area contributed by atoms with Crippen molar-refractivity contribution in [3.63, 3.8) is 0 Å². The van der Waals surface area contributed by atoms with Crippen molar-refractivity contribution < 1.29 is 9.90 Å². The number of thioether (sulfide) groups is 1. The number of amides is 1. The van der Waals surface area contributed by atoms with Gasteiger partial charge in [-0.3, -0.25) is 4.79 Å². The monoisotopic (exact) mass is 266 g/mol. The van der Waals surface area contributed by atoms with Crippen molar-refractivity contribution in [2.24, 2.45) is 5.73 Å². The summed E-state index contributed by atoms with van der Waals surface area (Å²) in [6, 6.07) is 7.23. The van der Waals surface area contributed by atoms with Gasteiger partial charge in [0.05, 0.1) is 12.1 Å². The van der Waals surface area contributed by atoms with Gasteiger partial charge in [0.15, 0.2) is 0 Å². The molecule has 1 aliphatic carbocycles. The minimum absolute atomic E-state index is 0.274. The second-order valence-corrected chi connectivity index (χ2v) is 5.41. The lowest BCUT2D eigenvalue weighted by atomic mass is 10.0. The number of nitrogens with two attached hydrogens (primary N) is 1. The lowest BCUT2D eigenvalue weighted by Crippen LogP contribution is -2.47. The molecule has 2 rings (SSSR count). The SMILES string of the molecule is CSc1ccccc1C1(NC(=O)C(N)CO)CC1. The van der Waals surface area contributed by atoms with Crippen LogP contribution in [-0.4, -0.2) is 29.9 Å². The van der Waals surface area contributed by atoms with Crippen LogP contribution in [-0.2, 0) is 10.3 Å². The van der Waals surface area contributed by atoms with E-state index in [1.54, 1.807) is 11.8 Å². The molecule has 4 N–H and O–H groups in total. The molecular weight excluding hydrogens is 248 g/mol. The molecule has 0 spiro atoms. The Hall–Kier alpha value is -1.04. The van der Waals surface area contributed by atoms with Gasteiger partial charge >= 0.3 is 0 Å². The van der Waals surface area contributed by atoms with Crippen molar-refractivity contribution in [2.45, 2.75) is 29.3 Å². The molecule has 0 bridgehead atoms. The quantitative estimate of drug-likeness (QED) is 0.690. The lowest BCUT2D eigenvalue weighted by Gasteiger charge is -2.22. The van der Waals surface area contributed by atoms with Gasteiger partial charge in [-0.2, -0.15) is 0 Å². The zero-order valence-electron chi connectivity index (χ0n) is 10.3. The van der Waals surface area contributed by atoms with Crippen LogP contribution in [0.25, 0.3) is 0 Å². The molecule has 0 heterocycles. The highest BCUT2D eigenvalue weighted by molar-refractivity contribution is 7.98. The first-order chi connectivity index (χ1) is 8.63. The summed E-state index contributed by atoms with van der Waals surface area (Å²) in [6.07, 6.45) is 3.87. The fourth-order valence-electron chi connectivity index (χ4n) is 2.04. The zero-order valence-corrected chi connectivity index (χ0v) is 11.2. The van der Waals surface area contributed by atoms with Crippen LogP contribution in [0.5, 0.6) is 0 Å². The first-order valence-corrected chi connectivity index (χ1v) is 7.17. The maximum absolute atomic E-state index is 11.8. The van der Waals surface area contributed by atoms with Crippen molar-refractivity contribution >= 4 is 17.7 Å². The van der Waals surface area contributed by atoms with E-state index in [4.69, 9.17) is 10.8 Å². The van der Waals surface area contributed by atoms with Gasteiger partial charge in [-0.05, 0) is 30.7 Å². The summed E-state index contributed by atoms with van der Waals surface area (Å²) in [6.45, 7) is -0.327. The summed E-state index contributed by atoms with van der Waals surface area (Å²) in [7, 11) is 0. The normalized spacial score (nSPS) is 18.2. The Balaban J connectivity index is 2.19. The van der Waals surface area contributed by atoms with Gasteiger partial charge in [-0.1, -0.05) is 18.2 Å². The second-order valence-electron chi connectivity index (χ2n) is 4.56. The molecule has 18 heavy (non-hydrogen) atoms. The van der Waals surface area contributed by atoms with Crippen molar-refractivity contribution in [1.82, 2.24) is 5.32 Å². The summed E-state index contributed by atoms with van der Waals surface area (Å²) in [5.41, 5.74) is 6.41. The van der Waals surface area contributed by atoms with Crippen LogP contribution >= 0.6 is 11.8 Å². The minimum Gasteiger partial charge on any atom is -0.394 e. The molecule has 4 nitrogen and oxygen atoms in total. The minimum atomic E-state index is -0.844. The van der Waals surface area contributed by atoms with E-state index < -0.39 is 6.04 Å². The molecule has 1 amide bonds. The van der Waals surface area contributed by atoms with E-state index >= 15 is 0 Å². The van der Waals surface area contributed by atoms with Gasteiger partial charge in [-0.15, -0.1) is 11.8 Å². The summed E-state index contributed by atoms with van der Waals surface area (Å²) in [4.78, 5) is 13.0. The molecule has 0 saturated heterocycles. The van der Waals surface area contributed by atoms with Gasteiger partial charge in [0, 0.05) is 4.90 Å².